The molecule has 6 heteroatoms. The van der Waals surface area contributed by atoms with Gasteiger partial charge >= 0.3 is 0 Å². The van der Waals surface area contributed by atoms with E-state index in [-0.39, 0.29) is 12.2 Å². The lowest BCUT2D eigenvalue weighted by atomic mass is 9.47. The van der Waals surface area contributed by atoms with Crippen LogP contribution in [0, 0.1) is 80.8 Å². The molecule has 0 aliphatic heterocycles. The maximum Gasteiger partial charge on any atom is 0.140 e. The van der Waals surface area contributed by atoms with Gasteiger partial charge in [-0.05, 0) is 202 Å². The van der Waals surface area contributed by atoms with Crippen molar-refractivity contribution in [2.45, 2.75) is 254 Å². The summed E-state index contributed by atoms with van der Waals surface area (Å²) in [6, 6.07) is 0. The van der Waals surface area contributed by atoms with Crippen LogP contribution in [-0.2, 0) is 4.79 Å². The van der Waals surface area contributed by atoms with Crippen LogP contribution in [0.25, 0.3) is 0 Å². The Hall–Kier alpha value is -0.793. The molecule has 0 bridgehead atoms. The Labute approximate surface area is 403 Å². The minimum absolute atomic E-state index is 0.0745. The lowest BCUT2D eigenvalue weighted by molar-refractivity contribution is -0.119. The van der Waals surface area contributed by atoms with Gasteiger partial charge in [0.25, 0.3) is 0 Å². The summed E-state index contributed by atoms with van der Waals surface area (Å²) in [4.78, 5) is 11.8. The van der Waals surface area contributed by atoms with E-state index in [2.05, 4.69) is 105 Å². The molecule has 5 nitrogen and oxygen atoms in total. The third kappa shape index (κ3) is 10.8. The molecule has 0 aromatic heterocycles. The normalized spacial score (nSPS) is 41.8. The third-order valence-corrected chi connectivity index (χ3v) is 27.1. The number of unbranched alkanes of at least 4 members (excludes halogenated alkanes) is 2. The van der Waals surface area contributed by atoms with E-state index in [1.165, 1.54) is 103 Å². The van der Waals surface area contributed by atoms with E-state index >= 15 is 0 Å². The van der Waals surface area contributed by atoms with Crippen molar-refractivity contribution >= 4 is 14.0 Å². The zero-order chi connectivity index (χ0) is 47.8. The molecular weight excluding hydrogens is 813 g/mol. The van der Waals surface area contributed by atoms with E-state index in [0.717, 1.165) is 91.8 Å². The summed E-state index contributed by atoms with van der Waals surface area (Å²) < 4.78 is 0. The SMILES string of the molecule is CCC(=O)CC[C@@H](C)[C@H]1CC[C@H]2[C@@H]3CC=C4C[C@@H](O)CC[C@]4(C)[C@H]3CC[C@]12C.CCCCC[C@@H](C)[C@H]1CC[C@H]2[C@@H]3CC=C4C[C@@H](O)CC[C@]4(C)[C@H]3CC[C@]12C.CNN[Si](C)(C)C(C)(C)C. The minimum atomic E-state index is -1.27. The van der Waals surface area contributed by atoms with Crippen molar-refractivity contribution in [2.24, 2.45) is 80.8 Å². The Bertz CT molecular complexity index is 1650. The van der Waals surface area contributed by atoms with Gasteiger partial charge in [0.1, 0.15) is 14.0 Å². The Morgan fingerprint density at radius 1 is 0.692 bits per heavy atom. The summed E-state index contributed by atoms with van der Waals surface area (Å²) >= 11 is 0. The van der Waals surface area contributed by atoms with Crippen LogP contribution in [0.5, 0.6) is 0 Å². The highest BCUT2D eigenvalue weighted by Gasteiger charge is 2.61. The van der Waals surface area contributed by atoms with Crippen LogP contribution < -0.4 is 10.5 Å². The highest BCUT2D eigenvalue weighted by atomic mass is 28.3. The molecule has 0 unspecified atom stereocenters. The van der Waals surface area contributed by atoms with Crippen LogP contribution in [0.15, 0.2) is 23.3 Å². The number of carbonyl (C=O) groups excluding carboxylic acids is 1. The second-order valence-corrected chi connectivity index (χ2v) is 31.9. The minimum Gasteiger partial charge on any atom is -0.393 e. The van der Waals surface area contributed by atoms with Gasteiger partial charge < -0.3 is 10.2 Å². The van der Waals surface area contributed by atoms with Crippen molar-refractivity contribution in [3.8, 4) is 0 Å². The molecule has 16 atom stereocenters. The van der Waals surface area contributed by atoms with Crippen LogP contribution in [0.2, 0.25) is 18.1 Å². The molecule has 65 heavy (non-hydrogen) atoms. The quantitative estimate of drug-likeness (QED) is 0.0679. The molecular formula is C59H106N2O3Si. The number of ketones is 1. The van der Waals surface area contributed by atoms with Crippen molar-refractivity contribution in [1.82, 2.24) is 10.5 Å². The molecule has 0 aromatic carbocycles. The molecule has 0 spiro atoms. The first-order valence-corrected chi connectivity index (χ1v) is 31.2. The highest BCUT2D eigenvalue weighted by molar-refractivity contribution is 6.77. The van der Waals surface area contributed by atoms with Crippen LogP contribution in [0.1, 0.15) is 224 Å². The lowest BCUT2D eigenvalue weighted by Crippen LogP contribution is -2.56. The smallest absolute Gasteiger partial charge is 0.140 e. The van der Waals surface area contributed by atoms with Crippen LogP contribution >= 0.6 is 0 Å². The Morgan fingerprint density at radius 3 is 1.55 bits per heavy atom. The number of aliphatic hydroxyl groups excluding tert-OH is 2. The summed E-state index contributed by atoms with van der Waals surface area (Å²) in [6.45, 7) is 31.2. The van der Waals surface area contributed by atoms with Crippen molar-refractivity contribution in [3.05, 3.63) is 23.3 Å². The topological polar surface area (TPSA) is 81.6 Å². The molecule has 8 rings (SSSR count). The fourth-order valence-corrected chi connectivity index (χ4v) is 18.4. The third-order valence-electron chi connectivity index (χ3n) is 22.5. The fraction of sp³-hybridized carbons (Fsp3) is 0.915. The number of aliphatic hydroxyl groups is 2. The van der Waals surface area contributed by atoms with Gasteiger partial charge in [0.2, 0.25) is 0 Å². The summed E-state index contributed by atoms with van der Waals surface area (Å²) in [5.74, 6) is 9.09. The standard InChI is InChI=1S/C26H42O2.C26H44O.C7H20N2Si/c1-5-19(27)8-6-17(2)22-10-11-23-21-9-7-18-16-20(28)12-14-25(18,3)24(21)13-15-26(22,23)4;1-5-6-7-8-18(2)22-11-12-23-21-10-9-19-17-20(27)13-15-25(19,3)24(21)14-16-26(22,23)4;1-7(2,3)10(5,6)9-8-4/h7,17,20-24,28H,5-6,8-16H2,1-4H3;9,18,20-24,27H,5-8,10-17H2,1-4H3;8-9H,1-6H3/t17-,20+,21+,22-,23+,24+,25+,26-;18-,20+,21+,22-,23+,24+,25+,26-;/m11./s1. The fourth-order valence-electron chi connectivity index (χ4n) is 17.4. The van der Waals surface area contributed by atoms with Crippen LogP contribution in [0.4, 0.5) is 0 Å². The van der Waals surface area contributed by atoms with Gasteiger partial charge in [0.15, 0.2) is 0 Å². The second kappa shape index (κ2) is 21.3. The number of allylic oxidation sites excluding steroid dienone is 2. The number of hydrazine groups is 1. The Kier molecular flexibility index (Phi) is 17.5. The van der Waals surface area contributed by atoms with Crippen LogP contribution in [-0.4, -0.2) is 43.5 Å². The Balaban J connectivity index is 0.000000179. The summed E-state index contributed by atoms with van der Waals surface area (Å²) in [5.41, 5.74) is 8.05. The van der Waals surface area contributed by atoms with Crippen molar-refractivity contribution in [2.75, 3.05) is 7.05 Å². The van der Waals surface area contributed by atoms with Gasteiger partial charge in [-0.25, -0.2) is 0 Å². The van der Waals surface area contributed by atoms with Crippen molar-refractivity contribution in [3.63, 3.8) is 0 Å². The number of fused-ring (bicyclic) bond motifs is 10. The molecule has 4 N–H and O–H groups in total. The number of rotatable bonds is 12. The first-order valence-electron chi connectivity index (χ1n) is 28.2. The highest BCUT2D eigenvalue weighted by Crippen LogP contribution is 2.69. The molecule has 8 aliphatic carbocycles. The molecule has 0 heterocycles. The molecule has 6 fully saturated rings. The van der Waals surface area contributed by atoms with Crippen LogP contribution in [0.3, 0.4) is 0 Å². The molecule has 0 aromatic rings. The van der Waals surface area contributed by atoms with Gasteiger partial charge in [0.05, 0.1) is 12.2 Å². The van der Waals surface area contributed by atoms with Crippen molar-refractivity contribution < 1.29 is 15.0 Å². The molecule has 8 aliphatic rings. The van der Waals surface area contributed by atoms with Gasteiger partial charge in [0, 0.05) is 12.8 Å². The summed E-state index contributed by atoms with van der Waals surface area (Å²) in [6.07, 6.45) is 33.5. The van der Waals surface area contributed by atoms with E-state index in [9.17, 15) is 15.0 Å². The maximum absolute atomic E-state index is 11.8. The van der Waals surface area contributed by atoms with Crippen molar-refractivity contribution in [1.29, 1.82) is 0 Å². The Morgan fingerprint density at radius 2 is 1.15 bits per heavy atom. The first kappa shape index (κ1) is 53.6. The average molecular weight is 920 g/mol. The zero-order valence-electron chi connectivity index (χ0n) is 45.1. The molecule has 374 valence electrons. The molecule has 0 amide bonds. The number of hydrogen-bond donors (Lipinski definition) is 4. The van der Waals surface area contributed by atoms with E-state index in [4.69, 9.17) is 0 Å². The average Bonchev–Trinajstić information content (AvgIpc) is 3.80. The monoisotopic (exact) mass is 919 g/mol. The predicted molar refractivity (Wildman–Crippen MR) is 279 cm³/mol. The lowest BCUT2D eigenvalue weighted by Gasteiger charge is -2.58. The second-order valence-electron chi connectivity index (χ2n) is 26.9. The first-order chi connectivity index (χ1) is 30.5. The number of Topliss-reactive ketones (excluding diaryl/α,β-unsaturated/α-hetero) is 1. The molecule has 6 saturated carbocycles. The van der Waals surface area contributed by atoms with Gasteiger partial charge in [-0.1, -0.05) is 138 Å². The maximum atomic E-state index is 11.8. The number of nitrogens with one attached hydrogen (secondary N) is 2. The van der Waals surface area contributed by atoms with E-state index < -0.39 is 8.24 Å². The van der Waals surface area contributed by atoms with E-state index in [0.29, 0.717) is 44.8 Å². The molecule has 0 radical (unpaired) electrons. The number of hydrogen-bond acceptors (Lipinski definition) is 5. The summed E-state index contributed by atoms with van der Waals surface area (Å²) in [7, 11) is 0.665. The summed E-state index contributed by atoms with van der Waals surface area (Å²) in [5, 5.41) is 24.1. The van der Waals surface area contributed by atoms with E-state index in [1.54, 1.807) is 11.1 Å². The van der Waals surface area contributed by atoms with Gasteiger partial charge in [-0.2, -0.15) is 0 Å². The number of carbonyl (C=O) groups is 1. The predicted octanol–water partition coefficient (Wildman–Crippen LogP) is 15.2. The van der Waals surface area contributed by atoms with E-state index in [1.807, 2.05) is 14.0 Å². The zero-order valence-corrected chi connectivity index (χ0v) is 46.1. The van der Waals surface area contributed by atoms with Gasteiger partial charge in [-0.15, -0.1) is 0 Å². The molecule has 0 saturated heterocycles. The van der Waals surface area contributed by atoms with Gasteiger partial charge in [-0.3, -0.25) is 15.3 Å². The largest absolute Gasteiger partial charge is 0.393 e.